The normalized spacial score (nSPS) is 31.8. The van der Waals surface area contributed by atoms with Crippen molar-refractivity contribution in [3.8, 4) is 0 Å². The number of hydrogen-bond acceptors (Lipinski definition) is 4. The van der Waals surface area contributed by atoms with Crippen LogP contribution in [-0.4, -0.2) is 60.8 Å². The lowest BCUT2D eigenvalue weighted by atomic mass is 10.0. The molecule has 2 N–H and O–H groups in total. The minimum Gasteiger partial charge on any atom is -0.481 e. The Bertz CT molecular complexity index is 334. The monoisotopic (exact) mass is 256 g/mol. The molecule has 2 aliphatic heterocycles. The van der Waals surface area contributed by atoms with Crippen LogP contribution in [0, 0.1) is 5.92 Å². The van der Waals surface area contributed by atoms with E-state index in [9.17, 15) is 9.59 Å². The Morgan fingerprint density at radius 3 is 2.89 bits per heavy atom. The molecule has 0 aromatic rings. The highest BCUT2D eigenvalue weighted by Crippen LogP contribution is 2.25. The lowest BCUT2D eigenvalue weighted by Crippen LogP contribution is -2.46. The molecule has 102 valence electrons. The third-order valence-corrected chi connectivity index (χ3v) is 3.84. The number of carbonyl (C=O) groups excluding carboxylic acids is 1. The summed E-state index contributed by atoms with van der Waals surface area (Å²) in [4.78, 5) is 24.9. The molecule has 2 fully saturated rings. The molecule has 3 atom stereocenters. The van der Waals surface area contributed by atoms with Gasteiger partial charge in [0.15, 0.2) is 0 Å². The average Bonchev–Trinajstić information content (AvgIpc) is 2.95. The van der Waals surface area contributed by atoms with Crippen LogP contribution >= 0.6 is 0 Å². The van der Waals surface area contributed by atoms with Crippen molar-refractivity contribution < 1.29 is 19.4 Å². The van der Waals surface area contributed by atoms with Gasteiger partial charge in [-0.15, -0.1) is 0 Å². The smallest absolute Gasteiger partial charge is 0.305 e. The first kappa shape index (κ1) is 13.3. The summed E-state index contributed by atoms with van der Waals surface area (Å²) in [6.07, 6.45) is 1.72. The topological polar surface area (TPSA) is 78.9 Å². The van der Waals surface area contributed by atoms with Crippen molar-refractivity contribution in [1.82, 2.24) is 10.2 Å². The summed E-state index contributed by atoms with van der Waals surface area (Å²) in [5.74, 6) is -0.979. The second kappa shape index (κ2) is 5.67. The molecule has 0 saturated carbocycles. The van der Waals surface area contributed by atoms with E-state index in [1.165, 1.54) is 0 Å². The Hall–Kier alpha value is -1.14. The zero-order chi connectivity index (χ0) is 13.1. The first-order valence-electron chi connectivity index (χ1n) is 6.40. The number of carboxylic acids is 1. The quantitative estimate of drug-likeness (QED) is 0.721. The van der Waals surface area contributed by atoms with Crippen molar-refractivity contribution >= 4 is 11.9 Å². The second-order valence-electron chi connectivity index (χ2n) is 4.96. The molecule has 6 nitrogen and oxygen atoms in total. The number of likely N-dealkylation sites (N-methyl/N-ethyl adjacent to an activating group) is 1. The molecular weight excluding hydrogens is 236 g/mol. The lowest BCUT2D eigenvalue weighted by Gasteiger charge is -2.28. The van der Waals surface area contributed by atoms with Crippen molar-refractivity contribution in [2.45, 2.75) is 31.3 Å². The summed E-state index contributed by atoms with van der Waals surface area (Å²) in [6.45, 7) is 1.65. The summed E-state index contributed by atoms with van der Waals surface area (Å²) in [5, 5.41) is 11.9. The van der Waals surface area contributed by atoms with Gasteiger partial charge in [0, 0.05) is 18.6 Å². The molecule has 0 aromatic heterocycles. The average molecular weight is 256 g/mol. The van der Waals surface area contributed by atoms with Crippen LogP contribution in [0.5, 0.6) is 0 Å². The van der Waals surface area contributed by atoms with E-state index >= 15 is 0 Å². The maximum Gasteiger partial charge on any atom is 0.305 e. The summed E-state index contributed by atoms with van der Waals surface area (Å²) in [6, 6.07) is -0.100. The van der Waals surface area contributed by atoms with Crippen LogP contribution in [0.15, 0.2) is 0 Å². The number of aliphatic carboxylic acids is 1. The highest BCUT2D eigenvalue weighted by Gasteiger charge is 2.39. The third kappa shape index (κ3) is 2.64. The van der Waals surface area contributed by atoms with E-state index in [4.69, 9.17) is 9.84 Å². The number of nitrogens with one attached hydrogen (secondary N) is 1. The molecule has 2 saturated heterocycles. The Kier molecular flexibility index (Phi) is 4.19. The Morgan fingerprint density at radius 1 is 1.44 bits per heavy atom. The van der Waals surface area contributed by atoms with Gasteiger partial charge in [-0.2, -0.15) is 0 Å². The van der Waals surface area contributed by atoms with Crippen molar-refractivity contribution in [3.63, 3.8) is 0 Å². The lowest BCUT2D eigenvalue weighted by molar-refractivity contribution is -0.141. The van der Waals surface area contributed by atoms with E-state index in [0.29, 0.717) is 19.8 Å². The molecule has 6 heteroatoms. The van der Waals surface area contributed by atoms with E-state index in [-0.39, 0.29) is 30.3 Å². The van der Waals surface area contributed by atoms with Gasteiger partial charge in [-0.1, -0.05) is 0 Å². The van der Waals surface area contributed by atoms with Crippen LogP contribution in [0.1, 0.15) is 19.3 Å². The van der Waals surface area contributed by atoms with E-state index in [2.05, 4.69) is 5.32 Å². The molecular formula is C12H20N2O4. The van der Waals surface area contributed by atoms with E-state index in [1.54, 1.807) is 4.90 Å². The standard InChI is InChI=1S/C12H20N2O4/c1-13-10-7-18-6-9(10)12(17)14-4-2-3-8(14)5-11(15)16/h8-10,13H,2-7H2,1H3,(H,15,16). The fraction of sp³-hybridized carbons (Fsp3) is 0.833. The predicted molar refractivity (Wildman–Crippen MR) is 64.1 cm³/mol. The molecule has 1 amide bonds. The van der Waals surface area contributed by atoms with Gasteiger partial charge in [0.05, 0.1) is 25.6 Å². The van der Waals surface area contributed by atoms with E-state index in [1.807, 2.05) is 7.05 Å². The molecule has 2 rings (SSSR count). The van der Waals surface area contributed by atoms with E-state index in [0.717, 1.165) is 12.8 Å². The van der Waals surface area contributed by atoms with Gasteiger partial charge in [0.25, 0.3) is 0 Å². The van der Waals surface area contributed by atoms with Crippen molar-refractivity contribution in [3.05, 3.63) is 0 Å². The third-order valence-electron chi connectivity index (χ3n) is 3.84. The fourth-order valence-electron chi connectivity index (χ4n) is 2.83. The van der Waals surface area contributed by atoms with Gasteiger partial charge in [-0.25, -0.2) is 0 Å². The molecule has 3 unspecified atom stereocenters. The minimum absolute atomic E-state index is 0.0376. The molecule has 0 radical (unpaired) electrons. The Labute approximate surface area is 106 Å². The van der Waals surface area contributed by atoms with Crippen LogP contribution in [0.25, 0.3) is 0 Å². The summed E-state index contributed by atoms with van der Waals surface area (Å²) < 4.78 is 5.33. The first-order valence-corrected chi connectivity index (χ1v) is 6.40. The summed E-state index contributed by atoms with van der Waals surface area (Å²) in [7, 11) is 1.82. The van der Waals surface area contributed by atoms with Crippen molar-refractivity contribution in [2.75, 3.05) is 26.8 Å². The fourth-order valence-corrected chi connectivity index (χ4v) is 2.83. The molecule has 0 aromatic carbocycles. The van der Waals surface area contributed by atoms with Gasteiger partial charge in [0.1, 0.15) is 0 Å². The van der Waals surface area contributed by atoms with E-state index < -0.39 is 5.97 Å². The minimum atomic E-state index is -0.840. The van der Waals surface area contributed by atoms with Gasteiger partial charge < -0.3 is 20.1 Å². The van der Waals surface area contributed by atoms with Crippen LogP contribution in [0.4, 0.5) is 0 Å². The molecule has 0 spiro atoms. The molecule has 0 bridgehead atoms. The number of hydrogen-bond donors (Lipinski definition) is 2. The van der Waals surface area contributed by atoms with Gasteiger partial charge in [-0.05, 0) is 19.9 Å². The van der Waals surface area contributed by atoms with Crippen molar-refractivity contribution in [1.29, 1.82) is 0 Å². The number of carbonyl (C=O) groups is 2. The molecule has 2 heterocycles. The van der Waals surface area contributed by atoms with Crippen LogP contribution < -0.4 is 5.32 Å². The number of rotatable bonds is 4. The van der Waals surface area contributed by atoms with Crippen LogP contribution in [0.3, 0.4) is 0 Å². The highest BCUT2D eigenvalue weighted by molar-refractivity contribution is 5.81. The maximum atomic E-state index is 12.4. The van der Waals surface area contributed by atoms with Gasteiger partial charge >= 0.3 is 5.97 Å². The number of nitrogens with zero attached hydrogens (tertiary/aromatic N) is 1. The number of carboxylic acid groups (broad SMARTS) is 1. The van der Waals surface area contributed by atoms with Gasteiger partial charge in [-0.3, -0.25) is 9.59 Å². The Morgan fingerprint density at radius 2 is 2.22 bits per heavy atom. The highest BCUT2D eigenvalue weighted by atomic mass is 16.5. The zero-order valence-corrected chi connectivity index (χ0v) is 10.6. The predicted octanol–water partition coefficient (Wildman–Crippen LogP) is -0.313. The molecule has 2 aliphatic rings. The summed E-state index contributed by atoms with van der Waals surface area (Å²) in [5.41, 5.74) is 0. The number of amides is 1. The first-order chi connectivity index (χ1) is 8.63. The van der Waals surface area contributed by atoms with Crippen LogP contribution in [0.2, 0.25) is 0 Å². The second-order valence-corrected chi connectivity index (χ2v) is 4.96. The number of ether oxygens (including phenoxy) is 1. The molecule has 0 aliphatic carbocycles. The SMILES string of the molecule is CNC1COCC1C(=O)N1CCCC1CC(=O)O. The van der Waals surface area contributed by atoms with Gasteiger partial charge in [0.2, 0.25) is 5.91 Å². The summed E-state index contributed by atoms with van der Waals surface area (Å²) >= 11 is 0. The largest absolute Gasteiger partial charge is 0.481 e. The Balaban J connectivity index is 2.01. The van der Waals surface area contributed by atoms with Crippen molar-refractivity contribution in [2.24, 2.45) is 5.92 Å². The maximum absolute atomic E-state index is 12.4. The zero-order valence-electron chi connectivity index (χ0n) is 10.6. The number of likely N-dealkylation sites (tertiary alicyclic amines) is 1. The van der Waals surface area contributed by atoms with Crippen LogP contribution in [-0.2, 0) is 14.3 Å². The molecule has 18 heavy (non-hydrogen) atoms.